The molecule has 0 bridgehead atoms. The van der Waals surface area contributed by atoms with Crippen molar-refractivity contribution in [1.82, 2.24) is 0 Å². The van der Waals surface area contributed by atoms with Gasteiger partial charge in [0.05, 0.1) is 11.4 Å². The number of rotatable bonds is 6. The molecule has 6 heteroatoms. The quantitative estimate of drug-likeness (QED) is 0.798. The summed E-state index contributed by atoms with van der Waals surface area (Å²) in [6, 6.07) is 15.6. The lowest BCUT2D eigenvalue weighted by atomic mass is 9.90. The van der Waals surface area contributed by atoms with E-state index in [9.17, 15) is 13.2 Å². The van der Waals surface area contributed by atoms with Crippen LogP contribution in [-0.2, 0) is 14.8 Å². The maximum Gasteiger partial charge on any atom is 0.235 e. The minimum atomic E-state index is -3.18. The summed E-state index contributed by atoms with van der Waals surface area (Å²) in [5.74, 6) is 1.05. The Bertz CT molecular complexity index is 948. The first-order valence-electron chi connectivity index (χ1n) is 9.89. The zero-order valence-electron chi connectivity index (χ0n) is 16.1. The normalized spacial score (nSPS) is 19.4. The van der Waals surface area contributed by atoms with Gasteiger partial charge >= 0.3 is 0 Å². The number of hydrogen-bond donors (Lipinski definition) is 1. The molecule has 2 fully saturated rings. The molecule has 5 nitrogen and oxygen atoms in total. The van der Waals surface area contributed by atoms with Gasteiger partial charge in [0.25, 0.3) is 0 Å². The molecule has 1 atom stereocenters. The van der Waals surface area contributed by atoms with E-state index < -0.39 is 10.0 Å². The van der Waals surface area contributed by atoms with Crippen LogP contribution >= 0.6 is 0 Å². The zero-order valence-corrected chi connectivity index (χ0v) is 16.9. The fraction of sp³-hybridized carbons (Fsp3) is 0.409. The van der Waals surface area contributed by atoms with Crippen molar-refractivity contribution in [3.8, 4) is 0 Å². The van der Waals surface area contributed by atoms with Gasteiger partial charge < -0.3 is 5.32 Å². The number of anilines is 2. The molecule has 2 aromatic rings. The number of aryl methyl sites for hydroxylation is 1. The van der Waals surface area contributed by atoms with E-state index in [0.29, 0.717) is 36.7 Å². The van der Waals surface area contributed by atoms with Crippen LogP contribution in [0.2, 0.25) is 0 Å². The number of carbonyl (C=O) groups excluding carboxylic acids is 1. The summed E-state index contributed by atoms with van der Waals surface area (Å²) in [6.07, 6.45) is 3.49. The standard InChI is InChI=1S/C22H26N2O3S/c1-16-3-5-17(6-4-16)21(18-7-8-18)15-22(25)23-19-9-11-20(12-10-19)24-13-2-14-28(24,26)27/h3-6,9-12,18,21H,2,7-8,13-15H2,1H3,(H,23,25). The Hall–Kier alpha value is -2.34. The predicted octanol–water partition coefficient (Wildman–Crippen LogP) is 4.06. The van der Waals surface area contributed by atoms with Crippen molar-refractivity contribution in [2.45, 2.75) is 38.5 Å². The van der Waals surface area contributed by atoms with Crippen molar-refractivity contribution in [3.63, 3.8) is 0 Å². The Labute approximate surface area is 166 Å². The molecule has 1 saturated carbocycles. The van der Waals surface area contributed by atoms with Crippen LogP contribution in [0.5, 0.6) is 0 Å². The van der Waals surface area contributed by atoms with Crippen LogP contribution in [0.1, 0.15) is 42.7 Å². The van der Waals surface area contributed by atoms with E-state index >= 15 is 0 Å². The summed E-state index contributed by atoms with van der Waals surface area (Å²) in [5.41, 5.74) is 3.82. The van der Waals surface area contributed by atoms with Gasteiger partial charge in [0.15, 0.2) is 0 Å². The lowest BCUT2D eigenvalue weighted by Crippen LogP contribution is -2.25. The summed E-state index contributed by atoms with van der Waals surface area (Å²) < 4.78 is 25.5. The molecular weight excluding hydrogens is 372 g/mol. The molecule has 0 spiro atoms. The highest BCUT2D eigenvalue weighted by Gasteiger charge is 2.33. The third kappa shape index (κ3) is 4.22. The summed E-state index contributed by atoms with van der Waals surface area (Å²) in [4.78, 5) is 12.6. The van der Waals surface area contributed by atoms with Crippen molar-refractivity contribution in [2.24, 2.45) is 5.92 Å². The SMILES string of the molecule is Cc1ccc(C(CC(=O)Nc2ccc(N3CCCS3(=O)=O)cc2)C2CC2)cc1. The first-order chi connectivity index (χ1) is 13.4. The molecule has 1 aliphatic heterocycles. The third-order valence-electron chi connectivity index (χ3n) is 5.64. The van der Waals surface area contributed by atoms with E-state index in [1.54, 1.807) is 24.3 Å². The molecule has 28 heavy (non-hydrogen) atoms. The van der Waals surface area contributed by atoms with Crippen molar-refractivity contribution in [2.75, 3.05) is 21.9 Å². The molecule has 1 aliphatic carbocycles. The van der Waals surface area contributed by atoms with Gasteiger partial charge in [-0.1, -0.05) is 29.8 Å². The van der Waals surface area contributed by atoms with Gasteiger partial charge in [-0.15, -0.1) is 0 Å². The van der Waals surface area contributed by atoms with Gasteiger partial charge in [-0.2, -0.15) is 0 Å². The van der Waals surface area contributed by atoms with Crippen LogP contribution in [0.3, 0.4) is 0 Å². The topological polar surface area (TPSA) is 66.5 Å². The summed E-state index contributed by atoms with van der Waals surface area (Å²) in [6.45, 7) is 2.59. The molecule has 2 aromatic carbocycles. The Balaban J connectivity index is 1.41. The van der Waals surface area contributed by atoms with Gasteiger partial charge in [0.1, 0.15) is 0 Å². The molecule has 1 amide bonds. The molecular formula is C22H26N2O3S. The predicted molar refractivity (Wildman–Crippen MR) is 112 cm³/mol. The van der Waals surface area contributed by atoms with Gasteiger partial charge in [-0.25, -0.2) is 8.42 Å². The van der Waals surface area contributed by atoms with Crippen LogP contribution in [0, 0.1) is 12.8 Å². The molecule has 0 aromatic heterocycles. The fourth-order valence-corrected chi connectivity index (χ4v) is 5.49. The first-order valence-corrected chi connectivity index (χ1v) is 11.5. The molecule has 1 heterocycles. The lowest BCUT2D eigenvalue weighted by molar-refractivity contribution is -0.116. The average Bonchev–Trinajstić information content (AvgIpc) is 3.44. The molecule has 148 valence electrons. The third-order valence-corrected chi connectivity index (χ3v) is 7.51. The number of sulfonamides is 1. The van der Waals surface area contributed by atoms with Gasteiger partial charge in [0, 0.05) is 18.7 Å². The van der Waals surface area contributed by atoms with Crippen molar-refractivity contribution in [3.05, 3.63) is 59.7 Å². The minimum absolute atomic E-state index is 0.000908. The van der Waals surface area contributed by atoms with Crippen molar-refractivity contribution in [1.29, 1.82) is 0 Å². The molecule has 2 aliphatic rings. The average molecular weight is 399 g/mol. The fourth-order valence-electron chi connectivity index (χ4n) is 3.92. The number of hydrogen-bond acceptors (Lipinski definition) is 3. The van der Waals surface area contributed by atoms with Crippen LogP contribution in [0.25, 0.3) is 0 Å². The Morgan fingerprint density at radius 3 is 2.36 bits per heavy atom. The number of carbonyl (C=O) groups is 1. The Morgan fingerprint density at radius 2 is 1.79 bits per heavy atom. The van der Waals surface area contributed by atoms with Crippen molar-refractivity contribution >= 4 is 27.3 Å². The second-order valence-electron chi connectivity index (χ2n) is 7.90. The summed E-state index contributed by atoms with van der Waals surface area (Å²) >= 11 is 0. The van der Waals surface area contributed by atoms with E-state index in [0.717, 1.165) is 0 Å². The van der Waals surface area contributed by atoms with E-state index in [2.05, 4.69) is 36.5 Å². The Morgan fingerprint density at radius 1 is 1.11 bits per heavy atom. The number of amides is 1. The summed E-state index contributed by atoms with van der Waals surface area (Å²) in [5, 5.41) is 2.97. The van der Waals surface area contributed by atoms with E-state index in [4.69, 9.17) is 0 Å². The van der Waals surface area contributed by atoms with Gasteiger partial charge in [-0.05, 0) is 67.9 Å². The minimum Gasteiger partial charge on any atom is -0.326 e. The van der Waals surface area contributed by atoms with E-state index in [-0.39, 0.29) is 17.6 Å². The largest absolute Gasteiger partial charge is 0.326 e. The number of nitrogens with one attached hydrogen (secondary N) is 1. The lowest BCUT2D eigenvalue weighted by Gasteiger charge is -2.18. The van der Waals surface area contributed by atoms with Crippen molar-refractivity contribution < 1.29 is 13.2 Å². The Kier molecular flexibility index (Phi) is 5.15. The number of nitrogens with zero attached hydrogens (tertiary/aromatic N) is 1. The zero-order chi connectivity index (χ0) is 19.7. The second-order valence-corrected chi connectivity index (χ2v) is 9.91. The van der Waals surface area contributed by atoms with E-state index in [1.807, 2.05) is 0 Å². The van der Waals surface area contributed by atoms with Crippen LogP contribution in [0.4, 0.5) is 11.4 Å². The molecule has 0 radical (unpaired) electrons. The molecule has 1 N–H and O–H groups in total. The van der Waals surface area contributed by atoms with Gasteiger partial charge in [-0.3, -0.25) is 9.10 Å². The smallest absolute Gasteiger partial charge is 0.235 e. The maximum atomic E-state index is 12.6. The highest BCUT2D eigenvalue weighted by molar-refractivity contribution is 7.93. The molecule has 1 saturated heterocycles. The van der Waals surface area contributed by atoms with E-state index in [1.165, 1.54) is 28.3 Å². The first kappa shape index (κ1) is 19.0. The monoisotopic (exact) mass is 398 g/mol. The molecule has 4 rings (SSSR count). The second kappa shape index (κ2) is 7.59. The highest BCUT2D eigenvalue weighted by Crippen LogP contribution is 2.44. The van der Waals surface area contributed by atoms with Crippen LogP contribution in [0.15, 0.2) is 48.5 Å². The summed E-state index contributed by atoms with van der Waals surface area (Å²) in [7, 11) is -3.18. The maximum absolute atomic E-state index is 12.6. The highest BCUT2D eigenvalue weighted by atomic mass is 32.2. The van der Waals surface area contributed by atoms with Gasteiger partial charge in [0.2, 0.25) is 15.9 Å². The molecule has 1 unspecified atom stereocenters. The van der Waals surface area contributed by atoms with Crippen LogP contribution in [-0.4, -0.2) is 26.6 Å². The van der Waals surface area contributed by atoms with Crippen LogP contribution < -0.4 is 9.62 Å². The number of benzene rings is 2.